The highest BCUT2D eigenvalue weighted by Gasteiger charge is 2.25. The van der Waals surface area contributed by atoms with E-state index in [1.54, 1.807) is 41.1 Å². The monoisotopic (exact) mass is 283 g/mol. The van der Waals surface area contributed by atoms with Gasteiger partial charge in [0.1, 0.15) is 0 Å². The second-order valence-corrected chi connectivity index (χ2v) is 6.24. The lowest BCUT2D eigenvalue weighted by Gasteiger charge is -2.20. The summed E-state index contributed by atoms with van der Waals surface area (Å²) in [6, 6.07) is 8.36. The average Bonchev–Trinajstić information content (AvgIpc) is 2.84. The second-order valence-electron chi connectivity index (χ2n) is 3.71. The molecule has 0 aliphatic carbocycles. The Morgan fingerprint density at radius 3 is 2.33 bits per heavy atom. The summed E-state index contributed by atoms with van der Waals surface area (Å²) in [5, 5.41) is 3.52. The molecule has 0 amide bonds. The summed E-state index contributed by atoms with van der Waals surface area (Å²) in [6.07, 6.45) is 0. The van der Waals surface area contributed by atoms with Crippen LogP contribution >= 0.6 is 11.3 Å². The van der Waals surface area contributed by atoms with E-state index in [2.05, 4.69) is 0 Å². The van der Waals surface area contributed by atoms with Crippen molar-refractivity contribution < 1.29 is 13.3 Å². The normalized spacial score (nSPS) is 11.4. The Morgan fingerprint density at radius 1 is 1.17 bits per heavy atom. The largest absolute Gasteiger partial charge is 0.286 e. The lowest BCUT2D eigenvalue weighted by atomic mass is 10.2. The van der Waals surface area contributed by atoms with Crippen LogP contribution in [-0.2, 0) is 14.9 Å². The molecule has 0 saturated heterocycles. The van der Waals surface area contributed by atoms with Crippen molar-refractivity contribution >= 4 is 27.0 Å². The lowest BCUT2D eigenvalue weighted by molar-refractivity contribution is 0.216. The van der Waals surface area contributed by atoms with E-state index in [0.29, 0.717) is 5.69 Å². The topological polar surface area (TPSA) is 46.6 Å². The van der Waals surface area contributed by atoms with Crippen molar-refractivity contribution in [3.05, 3.63) is 46.7 Å². The average molecular weight is 283 g/mol. The summed E-state index contributed by atoms with van der Waals surface area (Å²) >= 11 is 1.41. The van der Waals surface area contributed by atoms with Gasteiger partial charge in [-0.15, -0.1) is 4.47 Å². The Kier molecular flexibility index (Phi) is 3.70. The number of thiophene rings is 1. The Balaban J connectivity index is 2.44. The predicted octanol–water partition coefficient (Wildman–Crippen LogP) is 2.81. The molecule has 0 N–H and O–H groups in total. The third-order valence-electron chi connectivity index (χ3n) is 2.42. The number of hydrogen-bond donors (Lipinski definition) is 0. The third kappa shape index (κ3) is 2.40. The van der Waals surface area contributed by atoms with Crippen molar-refractivity contribution in [1.82, 2.24) is 0 Å². The Bertz CT molecular complexity index is 603. The van der Waals surface area contributed by atoms with Crippen LogP contribution in [0.1, 0.15) is 5.56 Å². The second kappa shape index (κ2) is 5.09. The van der Waals surface area contributed by atoms with Crippen LogP contribution in [0.3, 0.4) is 0 Å². The molecule has 6 heteroatoms. The van der Waals surface area contributed by atoms with E-state index < -0.39 is 10.0 Å². The van der Waals surface area contributed by atoms with Gasteiger partial charge >= 0.3 is 0 Å². The minimum atomic E-state index is -3.67. The number of nitrogens with zero attached hydrogens (tertiary/aromatic N) is 1. The van der Waals surface area contributed by atoms with Crippen molar-refractivity contribution in [2.24, 2.45) is 0 Å². The van der Waals surface area contributed by atoms with Gasteiger partial charge in [-0.25, -0.2) is 0 Å². The summed E-state index contributed by atoms with van der Waals surface area (Å²) in [4.78, 5) is 5.21. The van der Waals surface area contributed by atoms with E-state index in [-0.39, 0.29) is 4.90 Å². The molecule has 0 aliphatic heterocycles. The maximum atomic E-state index is 12.4. The van der Waals surface area contributed by atoms with E-state index >= 15 is 0 Å². The highest BCUT2D eigenvalue weighted by molar-refractivity contribution is 7.92. The first-order valence-electron chi connectivity index (χ1n) is 5.24. The molecule has 1 heterocycles. The first-order valence-corrected chi connectivity index (χ1v) is 7.62. The van der Waals surface area contributed by atoms with Crippen LogP contribution in [0.4, 0.5) is 5.69 Å². The molecule has 0 saturated carbocycles. The van der Waals surface area contributed by atoms with Crippen molar-refractivity contribution in [3.8, 4) is 0 Å². The molecular weight excluding hydrogens is 270 g/mol. The van der Waals surface area contributed by atoms with Gasteiger partial charge in [0.05, 0.1) is 17.7 Å². The van der Waals surface area contributed by atoms with Gasteiger partial charge in [-0.05, 0) is 30.5 Å². The van der Waals surface area contributed by atoms with Crippen LogP contribution < -0.4 is 4.47 Å². The van der Waals surface area contributed by atoms with Gasteiger partial charge in [-0.1, -0.05) is 17.7 Å². The SMILES string of the molecule is CON(c1ccsc1)S(=O)(=O)c1ccc(C)cc1. The molecule has 18 heavy (non-hydrogen) atoms. The molecule has 0 aliphatic rings. The molecule has 0 spiro atoms. The lowest BCUT2D eigenvalue weighted by Crippen LogP contribution is -2.29. The zero-order valence-electron chi connectivity index (χ0n) is 10.0. The predicted molar refractivity (Wildman–Crippen MR) is 72.2 cm³/mol. The fourth-order valence-electron chi connectivity index (χ4n) is 1.51. The number of rotatable bonds is 4. The van der Waals surface area contributed by atoms with E-state index in [1.165, 1.54) is 18.4 Å². The molecule has 2 aromatic rings. The minimum absolute atomic E-state index is 0.209. The maximum absolute atomic E-state index is 12.4. The molecule has 0 fully saturated rings. The number of aryl methyl sites for hydroxylation is 1. The molecule has 0 atom stereocenters. The van der Waals surface area contributed by atoms with Crippen molar-refractivity contribution in [2.75, 3.05) is 11.6 Å². The summed E-state index contributed by atoms with van der Waals surface area (Å²) in [5.41, 5.74) is 1.51. The quantitative estimate of drug-likeness (QED) is 0.811. The standard InChI is InChI=1S/C12H13NO3S2/c1-10-3-5-12(6-4-10)18(14,15)13(16-2)11-7-8-17-9-11/h3-9H,1-2H3. The van der Waals surface area contributed by atoms with Crippen LogP contribution in [0, 0.1) is 6.92 Å². The molecule has 4 nitrogen and oxygen atoms in total. The summed E-state index contributed by atoms with van der Waals surface area (Å²) in [5.74, 6) is 0. The fourth-order valence-corrected chi connectivity index (χ4v) is 3.45. The van der Waals surface area contributed by atoms with Gasteiger partial charge in [-0.2, -0.15) is 19.8 Å². The van der Waals surface area contributed by atoms with E-state index in [0.717, 1.165) is 10.0 Å². The smallest absolute Gasteiger partial charge is 0.262 e. The molecule has 0 bridgehead atoms. The molecule has 1 aromatic heterocycles. The number of benzene rings is 1. The Morgan fingerprint density at radius 2 is 1.83 bits per heavy atom. The van der Waals surface area contributed by atoms with Gasteiger partial charge in [0.25, 0.3) is 10.0 Å². The fraction of sp³-hybridized carbons (Fsp3) is 0.167. The Labute approximate surface area is 110 Å². The van der Waals surface area contributed by atoms with Crippen LogP contribution in [0.15, 0.2) is 46.0 Å². The van der Waals surface area contributed by atoms with Crippen LogP contribution in [0.5, 0.6) is 0 Å². The first-order chi connectivity index (χ1) is 8.55. The van der Waals surface area contributed by atoms with Crippen molar-refractivity contribution in [1.29, 1.82) is 0 Å². The van der Waals surface area contributed by atoms with E-state index in [4.69, 9.17) is 4.84 Å². The molecular formula is C12H13NO3S2. The van der Waals surface area contributed by atoms with Crippen LogP contribution in [0.2, 0.25) is 0 Å². The number of sulfonamides is 1. The molecule has 1 aromatic carbocycles. The molecule has 96 valence electrons. The molecule has 2 rings (SSSR count). The van der Waals surface area contributed by atoms with Gasteiger partial charge in [0, 0.05) is 5.38 Å². The van der Waals surface area contributed by atoms with Gasteiger partial charge in [0.15, 0.2) is 0 Å². The Hall–Kier alpha value is -1.37. The third-order valence-corrected chi connectivity index (χ3v) is 4.76. The van der Waals surface area contributed by atoms with E-state index in [9.17, 15) is 8.42 Å². The summed E-state index contributed by atoms with van der Waals surface area (Å²) < 4.78 is 25.7. The van der Waals surface area contributed by atoms with E-state index in [1.807, 2.05) is 6.92 Å². The highest BCUT2D eigenvalue weighted by Crippen LogP contribution is 2.25. The van der Waals surface area contributed by atoms with Gasteiger partial charge in [-0.3, -0.25) is 4.84 Å². The van der Waals surface area contributed by atoms with Gasteiger partial charge < -0.3 is 0 Å². The van der Waals surface area contributed by atoms with Crippen molar-refractivity contribution in [3.63, 3.8) is 0 Å². The zero-order valence-corrected chi connectivity index (χ0v) is 11.7. The maximum Gasteiger partial charge on any atom is 0.286 e. The van der Waals surface area contributed by atoms with Crippen LogP contribution in [0.25, 0.3) is 0 Å². The molecule has 0 radical (unpaired) electrons. The minimum Gasteiger partial charge on any atom is -0.262 e. The van der Waals surface area contributed by atoms with Crippen LogP contribution in [-0.4, -0.2) is 15.5 Å². The highest BCUT2D eigenvalue weighted by atomic mass is 32.2. The van der Waals surface area contributed by atoms with Gasteiger partial charge in [0.2, 0.25) is 0 Å². The number of hydrogen-bond acceptors (Lipinski definition) is 4. The number of anilines is 1. The summed E-state index contributed by atoms with van der Waals surface area (Å²) in [7, 11) is -2.34. The zero-order chi connectivity index (χ0) is 13.2. The van der Waals surface area contributed by atoms with Crippen molar-refractivity contribution in [2.45, 2.75) is 11.8 Å². The molecule has 0 unspecified atom stereocenters. The summed E-state index contributed by atoms with van der Waals surface area (Å²) in [6.45, 7) is 1.91. The first kappa shape index (κ1) is 13.1.